The Balaban J connectivity index is 1.36. The Morgan fingerprint density at radius 1 is 0.773 bits per heavy atom. The molecule has 10 rings (SSSR count). The Morgan fingerprint density at radius 2 is 1.52 bits per heavy atom. The summed E-state index contributed by atoms with van der Waals surface area (Å²) >= 11 is 0. The van der Waals surface area contributed by atoms with E-state index in [2.05, 4.69) is 102 Å². The third-order valence-electron chi connectivity index (χ3n) is 9.51. The molecule has 0 saturated carbocycles. The fourth-order valence-electron chi connectivity index (χ4n) is 7.56. The van der Waals surface area contributed by atoms with Crippen LogP contribution < -0.4 is 5.32 Å². The van der Waals surface area contributed by atoms with Crippen LogP contribution in [0.5, 0.6) is 0 Å². The van der Waals surface area contributed by atoms with Gasteiger partial charge in [0, 0.05) is 49.9 Å². The highest BCUT2D eigenvalue weighted by Gasteiger charge is 2.47. The predicted octanol–water partition coefficient (Wildman–Crippen LogP) is 9.92. The summed E-state index contributed by atoms with van der Waals surface area (Å²) < 4.78 is 9.15. The fraction of sp³-hybridized carbons (Fsp3) is 0.0769. The van der Waals surface area contributed by atoms with Gasteiger partial charge in [0.05, 0.1) is 27.7 Å². The van der Waals surface area contributed by atoms with Crippen molar-refractivity contribution in [2.75, 3.05) is 5.32 Å². The summed E-state index contributed by atoms with van der Waals surface area (Å²) in [5.74, 6) is 0.926. The van der Waals surface area contributed by atoms with Gasteiger partial charge in [0.1, 0.15) is 11.2 Å². The van der Waals surface area contributed by atoms with Gasteiger partial charge in [-0.25, -0.2) is 9.97 Å². The Morgan fingerprint density at radius 3 is 2.41 bits per heavy atom. The van der Waals surface area contributed by atoms with E-state index in [0.717, 1.165) is 78.9 Å². The zero-order chi connectivity index (χ0) is 29.0. The van der Waals surface area contributed by atoms with Crippen LogP contribution in [0.4, 0.5) is 11.4 Å². The minimum absolute atomic E-state index is 0.283. The smallest absolute Gasteiger partial charge is 0.160 e. The molecule has 5 nitrogen and oxygen atoms in total. The molecule has 2 aliphatic rings. The largest absolute Gasteiger partial charge is 0.455 e. The quantitative estimate of drug-likeness (QED) is 0.231. The SMILES string of the molecule is CC12CC=Cc3c1n(c1cc(-c4ccccc4Nc4ccccc4)c4oc5ccccc5c4c31)-c1nc3ccccc3nc12. The number of furan rings is 1. The third kappa shape index (κ3) is 3.03. The van der Waals surface area contributed by atoms with Gasteiger partial charge in [-0.3, -0.25) is 4.57 Å². The molecule has 3 aromatic heterocycles. The van der Waals surface area contributed by atoms with Gasteiger partial charge in [-0.1, -0.05) is 78.9 Å². The summed E-state index contributed by atoms with van der Waals surface area (Å²) in [7, 11) is 0. The first-order valence-corrected chi connectivity index (χ1v) is 15.1. The van der Waals surface area contributed by atoms with E-state index in [1.54, 1.807) is 0 Å². The maximum absolute atomic E-state index is 6.76. The molecule has 5 aromatic carbocycles. The van der Waals surface area contributed by atoms with Crippen LogP contribution in [0.3, 0.4) is 0 Å². The first-order valence-electron chi connectivity index (χ1n) is 15.1. The van der Waals surface area contributed by atoms with E-state index < -0.39 is 0 Å². The summed E-state index contributed by atoms with van der Waals surface area (Å²) in [5, 5.41) is 7.13. The first-order chi connectivity index (χ1) is 21.7. The summed E-state index contributed by atoms with van der Waals surface area (Å²) in [4.78, 5) is 10.5. The van der Waals surface area contributed by atoms with E-state index >= 15 is 0 Å². The molecule has 0 spiro atoms. The number of aromatic nitrogens is 3. The van der Waals surface area contributed by atoms with Gasteiger partial charge in [0.2, 0.25) is 0 Å². The molecule has 0 fully saturated rings. The average molecular weight is 567 g/mol. The van der Waals surface area contributed by atoms with E-state index in [1.807, 2.05) is 36.4 Å². The number of benzene rings is 5. The second-order valence-electron chi connectivity index (χ2n) is 12.1. The number of anilines is 2. The summed E-state index contributed by atoms with van der Waals surface area (Å²) in [6, 6.07) is 37.7. The molecule has 0 saturated heterocycles. The van der Waals surface area contributed by atoms with Gasteiger partial charge in [-0.2, -0.15) is 0 Å². The highest BCUT2D eigenvalue weighted by molar-refractivity contribution is 6.25. The topological polar surface area (TPSA) is 55.9 Å². The van der Waals surface area contributed by atoms with Gasteiger partial charge < -0.3 is 9.73 Å². The fourth-order valence-corrected chi connectivity index (χ4v) is 7.56. The molecule has 1 atom stereocenters. The van der Waals surface area contributed by atoms with Gasteiger partial charge in [0.15, 0.2) is 5.82 Å². The molecule has 1 aliphatic carbocycles. The monoisotopic (exact) mass is 566 g/mol. The van der Waals surface area contributed by atoms with Gasteiger partial charge in [-0.05, 0) is 55.8 Å². The molecule has 0 radical (unpaired) electrons. The van der Waals surface area contributed by atoms with Crippen molar-refractivity contribution >= 4 is 61.3 Å². The molecule has 8 aromatic rings. The maximum atomic E-state index is 6.76. The molecule has 0 amide bonds. The summed E-state index contributed by atoms with van der Waals surface area (Å²) in [6.07, 6.45) is 5.48. The standard InChI is InChI=1S/C39H26N4O/c1-39-21-11-16-26-33-31(43(37(26)39)38-36(39)41-29-18-8-9-19-30(29)42-38)22-27(35-34(33)25-15-6-10-20-32(25)44-35)24-14-5-7-17-28(24)40-23-12-3-2-4-13-23/h2-20,22,40H,21H2,1H3. The van der Waals surface area contributed by atoms with E-state index in [4.69, 9.17) is 14.4 Å². The lowest BCUT2D eigenvalue weighted by atomic mass is 9.76. The van der Waals surface area contributed by atoms with Crippen LogP contribution in [-0.2, 0) is 5.41 Å². The van der Waals surface area contributed by atoms with Gasteiger partial charge >= 0.3 is 0 Å². The molecule has 1 unspecified atom stereocenters. The number of nitrogens with zero attached hydrogens (tertiary/aromatic N) is 3. The molecule has 44 heavy (non-hydrogen) atoms. The van der Waals surface area contributed by atoms with Crippen molar-refractivity contribution in [3.63, 3.8) is 0 Å². The zero-order valence-corrected chi connectivity index (χ0v) is 24.0. The molecule has 1 aliphatic heterocycles. The highest BCUT2D eigenvalue weighted by atomic mass is 16.3. The van der Waals surface area contributed by atoms with Crippen LogP contribution in [0.2, 0.25) is 0 Å². The number of allylic oxidation sites excluding steroid dienone is 1. The van der Waals surface area contributed by atoms with E-state index in [0.29, 0.717) is 0 Å². The lowest BCUT2D eigenvalue weighted by Gasteiger charge is -2.26. The predicted molar refractivity (Wildman–Crippen MR) is 179 cm³/mol. The van der Waals surface area contributed by atoms with Crippen LogP contribution in [0.15, 0.2) is 120 Å². The zero-order valence-electron chi connectivity index (χ0n) is 24.0. The number of hydrogen-bond donors (Lipinski definition) is 1. The Labute approximate surface area is 253 Å². The van der Waals surface area contributed by atoms with E-state index in [1.165, 1.54) is 16.6 Å². The number of nitrogens with one attached hydrogen (secondary N) is 1. The van der Waals surface area contributed by atoms with Crippen molar-refractivity contribution < 1.29 is 4.42 Å². The Bertz CT molecular complexity index is 2520. The van der Waals surface area contributed by atoms with Crippen molar-refractivity contribution in [2.45, 2.75) is 18.8 Å². The first kappa shape index (κ1) is 23.8. The van der Waals surface area contributed by atoms with Crippen molar-refractivity contribution in [1.82, 2.24) is 14.5 Å². The molecule has 1 N–H and O–H groups in total. The van der Waals surface area contributed by atoms with Crippen LogP contribution in [0.25, 0.3) is 66.9 Å². The third-order valence-corrected chi connectivity index (χ3v) is 9.51. The van der Waals surface area contributed by atoms with Crippen LogP contribution in [0.1, 0.15) is 30.3 Å². The second kappa shape index (κ2) is 8.45. The molecular weight excluding hydrogens is 540 g/mol. The maximum Gasteiger partial charge on any atom is 0.160 e. The van der Waals surface area contributed by atoms with Crippen molar-refractivity contribution in [3.8, 4) is 16.9 Å². The van der Waals surface area contributed by atoms with Crippen molar-refractivity contribution in [2.24, 2.45) is 0 Å². The minimum Gasteiger partial charge on any atom is -0.455 e. The molecule has 5 heteroatoms. The van der Waals surface area contributed by atoms with Crippen molar-refractivity contribution in [1.29, 1.82) is 0 Å². The van der Waals surface area contributed by atoms with Gasteiger partial charge in [-0.15, -0.1) is 0 Å². The minimum atomic E-state index is -0.283. The number of para-hydroxylation sites is 5. The number of hydrogen-bond acceptors (Lipinski definition) is 4. The van der Waals surface area contributed by atoms with Gasteiger partial charge in [0.25, 0.3) is 0 Å². The summed E-state index contributed by atoms with van der Waals surface area (Å²) in [5.41, 5.74) is 12.2. The Kier molecular flexibility index (Phi) is 4.58. The lowest BCUT2D eigenvalue weighted by Crippen LogP contribution is -2.24. The molecule has 208 valence electrons. The van der Waals surface area contributed by atoms with Crippen LogP contribution in [-0.4, -0.2) is 14.5 Å². The van der Waals surface area contributed by atoms with E-state index in [9.17, 15) is 0 Å². The van der Waals surface area contributed by atoms with Crippen LogP contribution in [0, 0.1) is 0 Å². The molecule has 0 bridgehead atoms. The normalized spacial score (nSPS) is 16.7. The van der Waals surface area contributed by atoms with E-state index in [-0.39, 0.29) is 5.41 Å². The van der Waals surface area contributed by atoms with Crippen molar-refractivity contribution in [3.05, 3.63) is 132 Å². The second-order valence-corrected chi connectivity index (χ2v) is 12.1. The molecular formula is C39H26N4O. The summed E-state index contributed by atoms with van der Waals surface area (Å²) in [6.45, 7) is 2.32. The Hall–Kier alpha value is -5.68. The number of fused-ring (bicyclic) bond motifs is 11. The molecule has 4 heterocycles. The average Bonchev–Trinajstić information content (AvgIpc) is 3.69. The number of rotatable bonds is 3. The van der Waals surface area contributed by atoms with Crippen LogP contribution >= 0.6 is 0 Å². The highest BCUT2D eigenvalue weighted by Crippen LogP contribution is 2.55. The lowest BCUT2D eigenvalue weighted by molar-refractivity contribution is 0.564.